The van der Waals surface area contributed by atoms with Gasteiger partial charge in [0.1, 0.15) is 5.75 Å². The number of hydrogen-bond acceptors (Lipinski definition) is 4. The fourth-order valence-corrected chi connectivity index (χ4v) is 1.32. The van der Waals surface area contributed by atoms with Crippen molar-refractivity contribution in [3.63, 3.8) is 0 Å². The SMILES string of the molecule is COc1ccc(NC(=O)c2cn(C)nn2)cc1. The zero-order valence-corrected chi connectivity index (χ0v) is 9.54. The predicted octanol–water partition coefficient (Wildman–Crippen LogP) is 1.08. The fourth-order valence-electron chi connectivity index (χ4n) is 1.32. The Morgan fingerprint density at radius 1 is 1.35 bits per heavy atom. The number of nitrogens with one attached hydrogen (secondary N) is 1. The highest BCUT2D eigenvalue weighted by Gasteiger charge is 2.09. The maximum Gasteiger partial charge on any atom is 0.277 e. The van der Waals surface area contributed by atoms with Crippen molar-refractivity contribution in [1.82, 2.24) is 15.0 Å². The quantitative estimate of drug-likeness (QED) is 0.859. The Bertz CT molecular complexity index is 519. The number of benzene rings is 1. The molecule has 0 atom stereocenters. The minimum atomic E-state index is -0.289. The van der Waals surface area contributed by atoms with E-state index in [0.717, 1.165) is 5.75 Å². The molecule has 6 heteroatoms. The molecule has 6 nitrogen and oxygen atoms in total. The van der Waals surface area contributed by atoms with E-state index in [9.17, 15) is 4.79 Å². The Balaban J connectivity index is 2.07. The number of hydrogen-bond donors (Lipinski definition) is 1. The first-order valence-electron chi connectivity index (χ1n) is 5.01. The van der Waals surface area contributed by atoms with E-state index >= 15 is 0 Å². The Hall–Kier alpha value is -2.37. The molecule has 1 aromatic carbocycles. The summed E-state index contributed by atoms with van der Waals surface area (Å²) >= 11 is 0. The molecule has 0 saturated carbocycles. The van der Waals surface area contributed by atoms with Crippen LogP contribution in [0.5, 0.6) is 5.75 Å². The summed E-state index contributed by atoms with van der Waals surface area (Å²) in [6, 6.07) is 7.05. The van der Waals surface area contributed by atoms with Crippen LogP contribution in [-0.4, -0.2) is 28.0 Å². The van der Waals surface area contributed by atoms with Crippen molar-refractivity contribution in [3.05, 3.63) is 36.2 Å². The Morgan fingerprint density at radius 3 is 2.59 bits per heavy atom. The second kappa shape index (κ2) is 4.65. The number of amides is 1. The summed E-state index contributed by atoms with van der Waals surface area (Å²) in [5.41, 5.74) is 0.963. The van der Waals surface area contributed by atoms with Crippen LogP contribution in [0, 0.1) is 0 Å². The van der Waals surface area contributed by atoms with Crippen LogP contribution in [0.1, 0.15) is 10.5 Å². The summed E-state index contributed by atoms with van der Waals surface area (Å²) in [6.45, 7) is 0. The molecule has 1 N–H and O–H groups in total. The van der Waals surface area contributed by atoms with Crippen molar-refractivity contribution in [3.8, 4) is 5.75 Å². The highest BCUT2D eigenvalue weighted by molar-refractivity contribution is 6.02. The molecule has 0 aliphatic carbocycles. The van der Waals surface area contributed by atoms with Crippen molar-refractivity contribution in [2.45, 2.75) is 0 Å². The van der Waals surface area contributed by atoms with E-state index in [1.807, 2.05) is 0 Å². The molecule has 88 valence electrons. The number of carbonyl (C=O) groups is 1. The molecule has 2 rings (SSSR count). The maximum absolute atomic E-state index is 11.7. The lowest BCUT2D eigenvalue weighted by molar-refractivity contribution is 0.102. The van der Waals surface area contributed by atoms with Gasteiger partial charge in [-0.3, -0.25) is 9.48 Å². The van der Waals surface area contributed by atoms with Gasteiger partial charge in [0.15, 0.2) is 5.69 Å². The zero-order valence-electron chi connectivity index (χ0n) is 9.54. The predicted molar refractivity (Wildman–Crippen MR) is 62.0 cm³/mol. The van der Waals surface area contributed by atoms with Crippen LogP contribution in [-0.2, 0) is 7.05 Å². The van der Waals surface area contributed by atoms with E-state index in [1.54, 1.807) is 44.6 Å². The summed E-state index contributed by atoms with van der Waals surface area (Å²) in [7, 11) is 3.30. The van der Waals surface area contributed by atoms with Crippen LogP contribution in [0.4, 0.5) is 5.69 Å². The maximum atomic E-state index is 11.7. The van der Waals surface area contributed by atoms with Gasteiger partial charge in [0.2, 0.25) is 0 Å². The first-order chi connectivity index (χ1) is 8.19. The lowest BCUT2D eigenvalue weighted by Crippen LogP contribution is -2.12. The van der Waals surface area contributed by atoms with Crippen LogP contribution < -0.4 is 10.1 Å². The van der Waals surface area contributed by atoms with Gasteiger partial charge in [0.05, 0.1) is 13.3 Å². The molecular weight excluding hydrogens is 220 g/mol. The lowest BCUT2D eigenvalue weighted by atomic mass is 10.3. The highest BCUT2D eigenvalue weighted by Crippen LogP contribution is 2.15. The van der Waals surface area contributed by atoms with Gasteiger partial charge in [0.25, 0.3) is 5.91 Å². The average molecular weight is 232 g/mol. The second-order valence-electron chi connectivity index (χ2n) is 3.46. The monoisotopic (exact) mass is 232 g/mol. The van der Waals surface area contributed by atoms with Gasteiger partial charge in [-0.25, -0.2) is 0 Å². The molecule has 0 aliphatic rings. The molecule has 2 aromatic rings. The average Bonchev–Trinajstić information content (AvgIpc) is 2.77. The van der Waals surface area contributed by atoms with E-state index < -0.39 is 0 Å². The smallest absolute Gasteiger partial charge is 0.277 e. The molecule has 0 spiro atoms. The van der Waals surface area contributed by atoms with Gasteiger partial charge >= 0.3 is 0 Å². The van der Waals surface area contributed by atoms with Crippen molar-refractivity contribution in [2.24, 2.45) is 7.05 Å². The number of aromatic nitrogens is 3. The third-order valence-electron chi connectivity index (χ3n) is 2.18. The van der Waals surface area contributed by atoms with E-state index in [2.05, 4.69) is 15.6 Å². The van der Waals surface area contributed by atoms with Crippen molar-refractivity contribution < 1.29 is 9.53 Å². The van der Waals surface area contributed by atoms with Crippen LogP contribution in [0.3, 0.4) is 0 Å². The molecule has 0 aliphatic heterocycles. The Kier molecular flexibility index (Phi) is 3.04. The molecule has 0 radical (unpaired) electrons. The van der Waals surface area contributed by atoms with Crippen LogP contribution in [0.15, 0.2) is 30.5 Å². The first kappa shape index (κ1) is 11.1. The molecule has 1 heterocycles. The van der Waals surface area contributed by atoms with Gasteiger partial charge in [-0.15, -0.1) is 5.10 Å². The number of nitrogens with zero attached hydrogens (tertiary/aromatic N) is 3. The van der Waals surface area contributed by atoms with Crippen LogP contribution in [0.25, 0.3) is 0 Å². The zero-order chi connectivity index (χ0) is 12.3. The van der Waals surface area contributed by atoms with Crippen molar-refractivity contribution >= 4 is 11.6 Å². The Labute approximate surface area is 98.2 Å². The number of aryl methyl sites for hydroxylation is 1. The van der Waals surface area contributed by atoms with E-state index in [4.69, 9.17) is 4.74 Å². The number of methoxy groups -OCH3 is 1. The Morgan fingerprint density at radius 2 is 2.06 bits per heavy atom. The fraction of sp³-hybridized carbons (Fsp3) is 0.182. The number of anilines is 1. The van der Waals surface area contributed by atoms with Crippen molar-refractivity contribution in [1.29, 1.82) is 0 Å². The number of rotatable bonds is 3. The molecule has 0 bridgehead atoms. The van der Waals surface area contributed by atoms with Gasteiger partial charge < -0.3 is 10.1 Å². The third-order valence-corrected chi connectivity index (χ3v) is 2.18. The largest absolute Gasteiger partial charge is 0.497 e. The summed E-state index contributed by atoms with van der Waals surface area (Å²) in [6.07, 6.45) is 1.55. The molecule has 0 saturated heterocycles. The molecule has 17 heavy (non-hydrogen) atoms. The standard InChI is InChI=1S/C11H12N4O2/c1-15-7-10(13-14-15)11(16)12-8-3-5-9(17-2)6-4-8/h3-7H,1-2H3,(H,12,16). The summed E-state index contributed by atoms with van der Waals surface area (Å²) in [5, 5.41) is 10.1. The summed E-state index contributed by atoms with van der Waals surface area (Å²) < 4.78 is 6.50. The topological polar surface area (TPSA) is 69.0 Å². The van der Waals surface area contributed by atoms with Gasteiger partial charge in [-0.05, 0) is 24.3 Å². The van der Waals surface area contributed by atoms with Gasteiger partial charge in [-0.2, -0.15) is 0 Å². The van der Waals surface area contributed by atoms with Crippen LogP contribution >= 0.6 is 0 Å². The number of carbonyl (C=O) groups excluding carboxylic acids is 1. The van der Waals surface area contributed by atoms with Gasteiger partial charge in [-0.1, -0.05) is 5.21 Å². The molecule has 0 unspecified atom stereocenters. The second-order valence-corrected chi connectivity index (χ2v) is 3.46. The van der Waals surface area contributed by atoms with E-state index in [0.29, 0.717) is 5.69 Å². The highest BCUT2D eigenvalue weighted by atomic mass is 16.5. The molecular formula is C11H12N4O2. The summed E-state index contributed by atoms with van der Waals surface area (Å²) in [5.74, 6) is 0.450. The molecule has 0 fully saturated rings. The minimum Gasteiger partial charge on any atom is -0.497 e. The van der Waals surface area contributed by atoms with Crippen molar-refractivity contribution in [2.75, 3.05) is 12.4 Å². The lowest BCUT2D eigenvalue weighted by Gasteiger charge is -2.04. The number of ether oxygens (including phenoxy) is 1. The minimum absolute atomic E-state index is 0.281. The first-order valence-corrected chi connectivity index (χ1v) is 5.01. The van der Waals surface area contributed by atoms with E-state index in [1.165, 1.54) is 4.68 Å². The third kappa shape index (κ3) is 2.60. The molecule has 1 aromatic heterocycles. The van der Waals surface area contributed by atoms with Crippen LogP contribution in [0.2, 0.25) is 0 Å². The van der Waals surface area contributed by atoms with E-state index in [-0.39, 0.29) is 11.6 Å². The van der Waals surface area contributed by atoms with Gasteiger partial charge in [0, 0.05) is 12.7 Å². The molecule has 1 amide bonds. The summed E-state index contributed by atoms with van der Waals surface area (Å²) in [4.78, 5) is 11.7. The normalized spacial score (nSPS) is 10.0.